The monoisotopic (exact) mass is 474 g/mol. The average molecular weight is 474 g/mol. The molecule has 1 amide bonds. The summed E-state index contributed by atoms with van der Waals surface area (Å²) in [5.41, 5.74) is 1.41. The molecule has 0 saturated heterocycles. The molecule has 2 aromatic carbocycles. The largest absolute Gasteiger partial charge is 0.494 e. The fourth-order valence-corrected chi connectivity index (χ4v) is 3.10. The van der Waals surface area contributed by atoms with Gasteiger partial charge in [0.25, 0.3) is 5.91 Å². The van der Waals surface area contributed by atoms with Crippen LogP contribution in [-0.4, -0.2) is 40.7 Å². The van der Waals surface area contributed by atoms with E-state index in [0.717, 1.165) is 6.07 Å². The first-order chi connectivity index (χ1) is 16.2. The number of carbonyl (C=O) groups is 1. The van der Waals surface area contributed by atoms with Crippen molar-refractivity contribution < 1.29 is 27.1 Å². The van der Waals surface area contributed by atoms with Crippen LogP contribution in [0.15, 0.2) is 54.7 Å². The molecule has 0 unspecified atom stereocenters. The first kappa shape index (κ1) is 22.8. The average Bonchev–Trinajstić information content (AvgIpc) is 3.26. The maximum Gasteiger partial charge on any atom is 0.405 e. The third-order valence-corrected chi connectivity index (χ3v) is 4.68. The Bertz CT molecular complexity index is 1320. The molecule has 4 rings (SSSR count). The van der Waals surface area contributed by atoms with Gasteiger partial charge in [0.2, 0.25) is 5.95 Å². The van der Waals surface area contributed by atoms with Crippen LogP contribution in [0.3, 0.4) is 0 Å². The van der Waals surface area contributed by atoms with Crippen LogP contribution in [0, 0.1) is 5.82 Å². The van der Waals surface area contributed by atoms with Gasteiger partial charge in [0.05, 0.1) is 12.5 Å². The Morgan fingerprint density at radius 2 is 1.79 bits per heavy atom. The Labute approximate surface area is 190 Å². The number of nitrogens with zero attached hydrogens (tertiary/aromatic N) is 2. The van der Waals surface area contributed by atoms with Gasteiger partial charge in [0, 0.05) is 29.2 Å². The van der Waals surface area contributed by atoms with Crippen LogP contribution in [0.2, 0.25) is 0 Å². The van der Waals surface area contributed by atoms with Crippen molar-refractivity contribution >= 4 is 40.1 Å². The molecule has 0 bridgehead atoms. The Morgan fingerprint density at radius 3 is 2.47 bits per heavy atom. The molecule has 0 atom stereocenters. The van der Waals surface area contributed by atoms with E-state index in [2.05, 4.69) is 30.9 Å². The van der Waals surface area contributed by atoms with Crippen LogP contribution in [0.1, 0.15) is 10.4 Å². The molecular weight excluding hydrogens is 456 g/mol. The Kier molecular flexibility index (Phi) is 6.21. The van der Waals surface area contributed by atoms with Crippen LogP contribution < -0.4 is 20.7 Å². The molecule has 4 N–H and O–H groups in total. The summed E-state index contributed by atoms with van der Waals surface area (Å²) in [7, 11) is 1.34. The molecule has 2 aromatic heterocycles. The van der Waals surface area contributed by atoms with Crippen LogP contribution >= 0.6 is 0 Å². The lowest BCUT2D eigenvalue weighted by Gasteiger charge is -2.12. The molecule has 0 aliphatic rings. The molecule has 176 valence electrons. The number of fused-ring (bicyclic) bond motifs is 1. The second-order valence-corrected chi connectivity index (χ2v) is 7.11. The number of ether oxygens (including phenoxy) is 1. The van der Waals surface area contributed by atoms with Crippen molar-refractivity contribution in [1.29, 1.82) is 0 Å². The van der Waals surface area contributed by atoms with Gasteiger partial charge in [-0.25, -0.2) is 4.39 Å². The highest BCUT2D eigenvalue weighted by atomic mass is 19.4. The summed E-state index contributed by atoms with van der Waals surface area (Å²) in [5, 5.41) is 8.18. The number of benzene rings is 2. The van der Waals surface area contributed by atoms with Crippen LogP contribution in [0.5, 0.6) is 5.75 Å². The van der Waals surface area contributed by atoms with Crippen molar-refractivity contribution in [2.75, 3.05) is 29.6 Å². The van der Waals surface area contributed by atoms with Gasteiger partial charge in [0.1, 0.15) is 18.0 Å². The summed E-state index contributed by atoms with van der Waals surface area (Å²) in [6.07, 6.45) is -2.86. The second-order valence-electron chi connectivity index (χ2n) is 7.11. The summed E-state index contributed by atoms with van der Waals surface area (Å²) >= 11 is 0. The summed E-state index contributed by atoms with van der Waals surface area (Å²) in [6.45, 7) is -1.24. The van der Waals surface area contributed by atoms with E-state index >= 15 is 0 Å². The minimum absolute atomic E-state index is 0.0220. The quantitative estimate of drug-likeness (QED) is 0.279. The SMILES string of the molecule is COc1ccc(NC(=O)c2ccc(Nc3nc(NCC(F)(F)F)c4cc[nH]c4n3)cc2)cc1F. The number of hydrogen-bond donors (Lipinski definition) is 4. The van der Waals surface area contributed by atoms with E-state index in [4.69, 9.17) is 4.74 Å². The summed E-state index contributed by atoms with van der Waals surface area (Å²) in [5.74, 6) is -0.925. The maximum absolute atomic E-state index is 13.8. The number of aromatic nitrogens is 3. The summed E-state index contributed by atoms with van der Waals surface area (Å²) in [6, 6.07) is 11.8. The van der Waals surface area contributed by atoms with Gasteiger partial charge >= 0.3 is 6.18 Å². The van der Waals surface area contributed by atoms with Gasteiger partial charge in [-0.15, -0.1) is 0 Å². The molecule has 0 aliphatic carbocycles. The molecule has 0 fully saturated rings. The lowest BCUT2D eigenvalue weighted by atomic mass is 10.2. The van der Waals surface area contributed by atoms with E-state index < -0.39 is 24.4 Å². The predicted molar refractivity (Wildman–Crippen MR) is 119 cm³/mol. The number of nitrogens with one attached hydrogen (secondary N) is 4. The number of methoxy groups -OCH3 is 1. The fourth-order valence-electron chi connectivity index (χ4n) is 3.10. The third kappa shape index (κ3) is 5.34. The predicted octanol–water partition coefficient (Wildman–Crippen LogP) is 5.08. The molecule has 8 nitrogen and oxygen atoms in total. The van der Waals surface area contributed by atoms with Crippen molar-refractivity contribution in [1.82, 2.24) is 15.0 Å². The number of halogens is 4. The first-order valence-electron chi connectivity index (χ1n) is 9.89. The number of H-pyrrole nitrogens is 1. The topological polar surface area (TPSA) is 104 Å². The lowest BCUT2D eigenvalue weighted by molar-refractivity contribution is -0.115. The zero-order valence-electron chi connectivity index (χ0n) is 17.6. The Hall–Kier alpha value is -4.35. The van der Waals surface area contributed by atoms with Crippen LogP contribution in [-0.2, 0) is 0 Å². The first-order valence-corrected chi connectivity index (χ1v) is 9.89. The van der Waals surface area contributed by atoms with E-state index in [-0.39, 0.29) is 23.2 Å². The number of rotatable bonds is 7. The van der Waals surface area contributed by atoms with E-state index in [1.165, 1.54) is 31.4 Å². The minimum atomic E-state index is -4.41. The number of hydrogen-bond acceptors (Lipinski definition) is 6. The smallest absolute Gasteiger partial charge is 0.405 e. The third-order valence-electron chi connectivity index (χ3n) is 4.68. The fraction of sp³-hybridized carbons (Fsp3) is 0.136. The zero-order chi connectivity index (χ0) is 24.3. The molecule has 4 aromatic rings. The van der Waals surface area contributed by atoms with Crippen molar-refractivity contribution in [3.63, 3.8) is 0 Å². The molecule has 2 heterocycles. The van der Waals surface area contributed by atoms with Gasteiger partial charge in [-0.05, 0) is 42.5 Å². The molecule has 0 radical (unpaired) electrons. The Balaban J connectivity index is 1.47. The van der Waals surface area contributed by atoms with E-state index in [9.17, 15) is 22.4 Å². The van der Waals surface area contributed by atoms with E-state index in [0.29, 0.717) is 22.3 Å². The normalized spacial score (nSPS) is 11.3. The van der Waals surface area contributed by atoms with Crippen LogP contribution in [0.25, 0.3) is 11.0 Å². The van der Waals surface area contributed by atoms with Crippen molar-refractivity contribution in [3.8, 4) is 5.75 Å². The second kappa shape index (κ2) is 9.25. The standard InChI is InChI=1S/C22H18F4N6O2/c1-34-17-7-6-14(10-16(17)23)29-20(33)12-2-4-13(5-3-12)30-21-31-18-15(8-9-27-18)19(32-21)28-11-22(24,25)26/h2-10H,11H2,1H3,(H,29,33)(H3,27,28,30,31,32). The van der Waals surface area contributed by atoms with Gasteiger partial charge in [-0.1, -0.05) is 0 Å². The number of anilines is 4. The lowest BCUT2D eigenvalue weighted by Crippen LogP contribution is -2.22. The van der Waals surface area contributed by atoms with Gasteiger partial charge < -0.3 is 25.7 Å². The molecule has 12 heteroatoms. The minimum Gasteiger partial charge on any atom is -0.494 e. The molecule has 34 heavy (non-hydrogen) atoms. The zero-order valence-corrected chi connectivity index (χ0v) is 17.6. The van der Waals surface area contributed by atoms with Gasteiger partial charge in [-0.2, -0.15) is 23.1 Å². The highest BCUT2D eigenvalue weighted by Gasteiger charge is 2.27. The highest BCUT2D eigenvalue weighted by Crippen LogP contribution is 2.25. The molecule has 0 spiro atoms. The number of amides is 1. The van der Waals surface area contributed by atoms with E-state index in [1.54, 1.807) is 24.4 Å². The maximum atomic E-state index is 13.8. The molecular formula is C22H18F4N6O2. The van der Waals surface area contributed by atoms with Gasteiger partial charge in [0.15, 0.2) is 11.6 Å². The van der Waals surface area contributed by atoms with Crippen molar-refractivity contribution in [2.24, 2.45) is 0 Å². The summed E-state index contributed by atoms with van der Waals surface area (Å²) in [4.78, 5) is 23.7. The summed E-state index contributed by atoms with van der Waals surface area (Å²) < 4.78 is 56.5. The van der Waals surface area contributed by atoms with Crippen molar-refractivity contribution in [3.05, 3.63) is 66.1 Å². The number of carbonyl (C=O) groups excluding carboxylic acids is 1. The number of aromatic amines is 1. The Morgan fingerprint density at radius 1 is 1.06 bits per heavy atom. The van der Waals surface area contributed by atoms with Gasteiger partial charge in [-0.3, -0.25) is 4.79 Å². The van der Waals surface area contributed by atoms with Crippen LogP contribution in [0.4, 0.5) is 40.7 Å². The van der Waals surface area contributed by atoms with Crippen molar-refractivity contribution in [2.45, 2.75) is 6.18 Å². The number of alkyl halides is 3. The highest BCUT2D eigenvalue weighted by molar-refractivity contribution is 6.04. The molecule has 0 aliphatic heterocycles. The van der Waals surface area contributed by atoms with E-state index in [1.807, 2.05) is 0 Å². The molecule has 0 saturated carbocycles.